The van der Waals surface area contributed by atoms with Crippen molar-refractivity contribution in [1.82, 2.24) is 14.8 Å². The Labute approximate surface area is 176 Å². The van der Waals surface area contributed by atoms with Crippen molar-refractivity contribution in [1.29, 1.82) is 5.26 Å². The molecule has 3 rings (SSSR count). The Kier molecular flexibility index (Phi) is 6.80. The zero-order valence-electron chi connectivity index (χ0n) is 17.8. The Hall–Kier alpha value is -3.24. The van der Waals surface area contributed by atoms with Gasteiger partial charge in [0, 0.05) is 29.8 Å². The molecule has 0 aliphatic carbocycles. The minimum Gasteiger partial charge on any atom is -0.460 e. The van der Waals surface area contributed by atoms with Gasteiger partial charge in [-0.05, 0) is 44.0 Å². The number of nitrogens with zero attached hydrogens (tertiary/aromatic N) is 4. The number of ether oxygens (including phenoxy) is 2. The van der Waals surface area contributed by atoms with Crippen LogP contribution < -0.4 is 0 Å². The van der Waals surface area contributed by atoms with Crippen LogP contribution >= 0.6 is 0 Å². The smallest absolute Gasteiger partial charge is 0.338 e. The molecule has 0 N–H and O–H groups in total. The molecule has 0 radical (unpaired) electrons. The molecule has 156 valence electrons. The number of pyridine rings is 1. The van der Waals surface area contributed by atoms with E-state index in [1.807, 2.05) is 36.7 Å². The summed E-state index contributed by atoms with van der Waals surface area (Å²) in [6.45, 7) is 9.38. The molecule has 2 heterocycles. The first-order valence-electron chi connectivity index (χ1n) is 10.0. The minimum absolute atomic E-state index is 0.140. The van der Waals surface area contributed by atoms with Crippen LogP contribution in [0.4, 0.5) is 0 Å². The highest BCUT2D eigenvalue weighted by Gasteiger charge is 2.15. The second-order valence-corrected chi connectivity index (χ2v) is 7.77. The highest BCUT2D eigenvalue weighted by Crippen LogP contribution is 2.27. The van der Waals surface area contributed by atoms with E-state index in [2.05, 4.69) is 30.0 Å². The minimum atomic E-state index is -0.418. The van der Waals surface area contributed by atoms with Gasteiger partial charge < -0.3 is 9.47 Å². The zero-order valence-corrected chi connectivity index (χ0v) is 17.8. The maximum absolute atomic E-state index is 12.4. The van der Waals surface area contributed by atoms with Crippen LogP contribution in [0.15, 0.2) is 36.5 Å². The molecule has 7 nitrogen and oxygen atoms in total. The van der Waals surface area contributed by atoms with Crippen molar-refractivity contribution in [2.75, 3.05) is 19.8 Å². The Morgan fingerprint density at radius 1 is 1.17 bits per heavy atom. The molecule has 0 amide bonds. The van der Waals surface area contributed by atoms with Crippen LogP contribution in [0.3, 0.4) is 0 Å². The monoisotopic (exact) mass is 406 g/mol. The summed E-state index contributed by atoms with van der Waals surface area (Å²) in [5.74, 6) is 0.0215. The molecular weight excluding hydrogens is 380 g/mol. The second kappa shape index (κ2) is 9.51. The van der Waals surface area contributed by atoms with Crippen LogP contribution in [0.5, 0.6) is 0 Å². The second-order valence-electron chi connectivity index (χ2n) is 7.77. The van der Waals surface area contributed by atoms with Crippen molar-refractivity contribution < 1.29 is 14.3 Å². The van der Waals surface area contributed by atoms with E-state index in [1.165, 1.54) is 0 Å². The third-order valence-corrected chi connectivity index (χ3v) is 4.50. The van der Waals surface area contributed by atoms with Gasteiger partial charge in [0.05, 0.1) is 23.4 Å². The number of hydrogen-bond donors (Lipinski definition) is 0. The van der Waals surface area contributed by atoms with Gasteiger partial charge in [-0.3, -0.25) is 9.67 Å². The molecule has 30 heavy (non-hydrogen) atoms. The van der Waals surface area contributed by atoms with E-state index in [4.69, 9.17) is 9.47 Å². The number of rotatable bonds is 8. The number of esters is 1. The lowest BCUT2D eigenvalue weighted by molar-refractivity contribution is 0.0277. The first-order valence-corrected chi connectivity index (χ1v) is 10.0. The first-order chi connectivity index (χ1) is 14.4. The molecule has 0 saturated carbocycles. The maximum Gasteiger partial charge on any atom is 0.338 e. The van der Waals surface area contributed by atoms with E-state index >= 15 is 0 Å². The van der Waals surface area contributed by atoms with Gasteiger partial charge in [-0.1, -0.05) is 19.9 Å². The first kappa shape index (κ1) is 21.5. The van der Waals surface area contributed by atoms with E-state index in [0.29, 0.717) is 36.1 Å². The van der Waals surface area contributed by atoms with Crippen molar-refractivity contribution in [2.45, 2.75) is 33.7 Å². The SMILES string of the molecule is CC(C)COCCOC(=O)c1ccnc(-c2ccc3c(c2)c(C#N)nn3C(C)C)c1. The van der Waals surface area contributed by atoms with Crippen molar-refractivity contribution in [2.24, 2.45) is 5.92 Å². The van der Waals surface area contributed by atoms with Crippen LogP contribution in [0, 0.1) is 17.2 Å². The maximum atomic E-state index is 12.4. The molecule has 0 unspecified atom stereocenters. The van der Waals surface area contributed by atoms with Crippen LogP contribution in [-0.4, -0.2) is 40.6 Å². The van der Waals surface area contributed by atoms with E-state index in [-0.39, 0.29) is 12.6 Å². The summed E-state index contributed by atoms with van der Waals surface area (Å²) in [6.07, 6.45) is 1.58. The van der Waals surface area contributed by atoms with Crippen molar-refractivity contribution in [3.63, 3.8) is 0 Å². The number of benzene rings is 1. The molecule has 0 fully saturated rings. The Bertz CT molecular complexity index is 1080. The molecular formula is C23H26N4O3. The van der Waals surface area contributed by atoms with Crippen LogP contribution in [-0.2, 0) is 9.47 Å². The van der Waals surface area contributed by atoms with Gasteiger partial charge in [0.2, 0.25) is 0 Å². The Morgan fingerprint density at radius 2 is 1.97 bits per heavy atom. The van der Waals surface area contributed by atoms with Gasteiger partial charge >= 0.3 is 5.97 Å². The topological polar surface area (TPSA) is 90.0 Å². The van der Waals surface area contributed by atoms with Crippen LogP contribution in [0.25, 0.3) is 22.2 Å². The molecule has 2 aromatic heterocycles. The highest BCUT2D eigenvalue weighted by atomic mass is 16.6. The molecule has 0 atom stereocenters. The van der Waals surface area contributed by atoms with Crippen molar-refractivity contribution >= 4 is 16.9 Å². The number of nitriles is 1. The van der Waals surface area contributed by atoms with E-state index in [1.54, 1.807) is 18.3 Å². The summed E-state index contributed by atoms with van der Waals surface area (Å²) in [4.78, 5) is 16.7. The lowest BCUT2D eigenvalue weighted by Gasteiger charge is -2.09. The molecule has 1 aromatic carbocycles. The van der Waals surface area contributed by atoms with Crippen LogP contribution in [0.1, 0.15) is 49.8 Å². The number of hydrogen-bond acceptors (Lipinski definition) is 6. The summed E-state index contributed by atoms with van der Waals surface area (Å²) in [5, 5.41) is 14.6. The van der Waals surface area contributed by atoms with Crippen LogP contribution in [0.2, 0.25) is 0 Å². The largest absolute Gasteiger partial charge is 0.460 e. The lowest BCUT2D eigenvalue weighted by atomic mass is 10.1. The number of carbonyl (C=O) groups excluding carboxylic acids is 1. The predicted molar refractivity (Wildman–Crippen MR) is 114 cm³/mol. The van der Waals surface area contributed by atoms with Gasteiger partial charge in [0.25, 0.3) is 0 Å². The summed E-state index contributed by atoms with van der Waals surface area (Å²) >= 11 is 0. The normalized spacial score (nSPS) is 11.2. The van der Waals surface area contributed by atoms with Gasteiger partial charge in [-0.15, -0.1) is 0 Å². The summed E-state index contributed by atoms with van der Waals surface area (Å²) < 4.78 is 12.6. The third-order valence-electron chi connectivity index (χ3n) is 4.50. The standard InChI is InChI=1S/C23H26N4O3/c1-15(2)14-29-9-10-30-23(28)18-7-8-25-20(12-18)17-5-6-22-19(11-17)21(13-24)26-27(22)16(3)4/h5-8,11-12,15-16H,9-10,14H2,1-4H3. The Balaban J connectivity index is 1.79. The van der Waals surface area contributed by atoms with E-state index in [0.717, 1.165) is 16.5 Å². The van der Waals surface area contributed by atoms with E-state index in [9.17, 15) is 10.1 Å². The summed E-state index contributed by atoms with van der Waals surface area (Å²) in [5.41, 5.74) is 3.11. The Morgan fingerprint density at radius 3 is 2.67 bits per heavy atom. The molecule has 0 aliphatic rings. The quantitative estimate of drug-likeness (QED) is 0.407. The fourth-order valence-electron chi connectivity index (χ4n) is 3.09. The number of carbonyl (C=O) groups is 1. The van der Waals surface area contributed by atoms with E-state index < -0.39 is 5.97 Å². The van der Waals surface area contributed by atoms with Gasteiger partial charge in [-0.25, -0.2) is 4.79 Å². The zero-order chi connectivity index (χ0) is 21.7. The third kappa shape index (κ3) is 4.84. The highest BCUT2D eigenvalue weighted by molar-refractivity contribution is 5.92. The molecule has 0 spiro atoms. The number of aromatic nitrogens is 3. The average molecular weight is 406 g/mol. The van der Waals surface area contributed by atoms with Gasteiger partial charge in [0.1, 0.15) is 12.7 Å². The molecule has 0 aliphatic heterocycles. The van der Waals surface area contributed by atoms with Crippen molar-refractivity contribution in [3.8, 4) is 17.3 Å². The fraction of sp³-hybridized carbons (Fsp3) is 0.391. The molecule has 3 aromatic rings. The molecule has 0 saturated heterocycles. The van der Waals surface area contributed by atoms with Crippen molar-refractivity contribution in [3.05, 3.63) is 47.8 Å². The predicted octanol–water partition coefficient (Wildman–Crippen LogP) is 4.38. The number of fused-ring (bicyclic) bond motifs is 1. The summed E-state index contributed by atoms with van der Waals surface area (Å²) in [6, 6.07) is 11.3. The molecule has 0 bridgehead atoms. The summed E-state index contributed by atoms with van der Waals surface area (Å²) in [7, 11) is 0. The van der Waals surface area contributed by atoms with Gasteiger partial charge in [-0.2, -0.15) is 10.4 Å². The fourth-order valence-corrected chi connectivity index (χ4v) is 3.09. The van der Waals surface area contributed by atoms with Gasteiger partial charge in [0.15, 0.2) is 5.69 Å². The average Bonchev–Trinajstić information content (AvgIpc) is 3.11. The lowest BCUT2D eigenvalue weighted by Crippen LogP contribution is -2.13. The molecule has 7 heteroatoms.